The lowest BCUT2D eigenvalue weighted by Gasteiger charge is -2.11. The van der Waals surface area contributed by atoms with Crippen molar-refractivity contribution in [2.75, 3.05) is 0 Å². The number of nitrogens with zero attached hydrogens (tertiary/aromatic N) is 3. The Hall–Kier alpha value is -3.92. The van der Waals surface area contributed by atoms with Gasteiger partial charge >= 0.3 is 45.7 Å². The molecule has 0 aliphatic heterocycles. The van der Waals surface area contributed by atoms with Crippen LogP contribution in [0.15, 0.2) is 36.4 Å². The summed E-state index contributed by atoms with van der Waals surface area (Å²) in [5.74, 6) is 0. The zero-order valence-electron chi connectivity index (χ0n) is 19.6. The van der Waals surface area contributed by atoms with Crippen molar-refractivity contribution in [3.63, 3.8) is 0 Å². The second kappa shape index (κ2) is 8.80. The summed E-state index contributed by atoms with van der Waals surface area (Å²) in [6.45, 7) is 0. The number of imidazole rings is 3. The summed E-state index contributed by atoms with van der Waals surface area (Å²) >= 11 is -3.19. The lowest BCUT2D eigenvalue weighted by Crippen LogP contribution is -2.25. The summed E-state index contributed by atoms with van der Waals surface area (Å²) < 4.78 is 1.28. The van der Waals surface area contributed by atoms with Crippen LogP contribution in [0.2, 0.25) is 0 Å². The minimum Gasteiger partial charge on any atom is -0.496 e. The molecule has 6 N–H and O–H groups in total. The summed E-state index contributed by atoms with van der Waals surface area (Å²) in [7, 11) is 0. The zero-order valence-corrected chi connectivity index (χ0v) is 23.1. The van der Waals surface area contributed by atoms with Crippen LogP contribution in [0.25, 0.3) is 65.4 Å². The number of hydrogen-bond acceptors (Lipinski definition) is 6. The molecular formula is C24H12Al3N6O6. The summed E-state index contributed by atoms with van der Waals surface area (Å²) in [5, 5.41) is 33.1. The maximum atomic E-state index is 11.3. The number of fused-ring (bicyclic) bond motifs is 9. The molecule has 0 aliphatic rings. The SMILES string of the molecule is O=[C](O)[Al][c]1nc2cc3c4cc5n[c]([Al][C](=O)O)[nH]c5cc4c4cc5[nH][c]([Al][C](=O)O)nc5cc4c3cc2[nH]1. The van der Waals surface area contributed by atoms with Gasteiger partial charge in [0.1, 0.15) is 0 Å². The lowest BCUT2D eigenvalue weighted by molar-refractivity contribution is 0.219. The molecule has 0 spiro atoms. The van der Waals surface area contributed by atoms with Crippen LogP contribution < -0.4 is 14.1 Å². The van der Waals surface area contributed by atoms with E-state index in [1.165, 1.54) is 0 Å². The van der Waals surface area contributed by atoms with E-state index in [9.17, 15) is 29.7 Å². The Morgan fingerprint density at radius 3 is 1.00 bits per heavy atom. The number of aromatic amines is 3. The first kappa shape index (κ1) is 24.1. The van der Waals surface area contributed by atoms with E-state index in [0.29, 0.717) is 47.2 Å². The second-order valence-electron chi connectivity index (χ2n) is 9.06. The fourth-order valence-electron chi connectivity index (χ4n) is 5.12. The quantitative estimate of drug-likeness (QED) is 0.129. The van der Waals surface area contributed by atoms with E-state index in [-0.39, 0.29) is 0 Å². The molecule has 3 aromatic heterocycles. The van der Waals surface area contributed by atoms with Crippen LogP contribution in [-0.2, 0) is 0 Å². The highest BCUT2D eigenvalue weighted by Crippen LogP contribution is 2.39. The highest BCUT2D eigenvalue weighted by Gasteiger charge is 2.19. The van der Waals surface area contributed by atoms with Crippen LogP contribution in [0.5, 0.6) is 0 Å². The van der Waals surface area contributed by atoms with Gasteiger partial charge in [0.15, 0.2) is 14.5 Å². The van der Waals surface area contributed by atoms with Crippen LogP contribution >= 0.6 is 0 Å². The molecule has 39 heavy (non-hydrogen) atoms. The van der Waals surface area contributed by atoms with E-state index in [0.717, 1.165) is 32.3 Å². The van der Waals surface area contributed by atoms with Crippen molar-refractivity contribution >= 4 is 140 Å². The third-order valence-corrected chi connectivity index (χ3v) is 8.95. The molecule has 7 rings (SSSR count). The van der Waals surface area contributed by atoms with Gasteiger partial charge in [0.05, 0.1) is 33.1 Å². The molecule has 0 unspecified atom stereocenters. The fraction of sp³-hybridized carbons (Fsp3) is 0. The molecule has 15 heteroatoms. The Kier molecular flexibility index (Phi) is 5.45. The van der Waals surface area contributed by atoms with Crippen molar-refractivity contribution in [3.8, 4) is 0 Å². The standard InChI is InChI=1S/C21H9N6.3CHO2.3Al/c1-10-11(2-17-16(1)22-7-23-17)13-4-20-21(27-9-26-20)6-15(13)14-5-19-18(3-12(10)14)24-8-25-19;3*2-1-3;;;/h1-6H,(H,22,23)(H,24,25)(H,26,27);3*(H,2,3);;;. The summed E-state index contributed by atoms with van der Waals surface area (Å²) in [5.41, 5.74) is 4.04. The van der Waals surface area contributed by atoms with Gasteiger partial charge in [-0.2, -0.15) is 0 Å². The molecule has 3 radical (unpaired) electrons. The Morgan fingerprint density at radius 2 is 0.744 bits per heavy atom. The number of aromatic nitrogens is 6. The van der Waals surface area contributed by atoms with Gasteiger partial charge in [0.25, 0.3) is 0 Å². The van der Waals surface area contributed by atoms with Gasteiger partial charge in [-0.15, -0.1) is 0 Å². The molecule has 183 valence electrons. The molecule has 3 heterocycles. The molecule has 0 saturated heterocycles. The number of carbonyl (C=O) groups is 3. The average molecular weight is 561 g/mol. The predicted molar refractivity (Wildman–Crippen MR) is 148 cm³/mol. The van der Waals surface area contributed by atoms with Crippen LogP contribution in [0.3, 0.4) is 0 Å². The summed E-state index contributed by atoms with van der Waals surface area (Å²) in [6.07, 6.45) is 0. The van der Waals surface area contributed by atoms with Gasteiger partial charge in [-0.25, -0.2) is 0 Å². The zero-order chi connectivity index (χ0) is 27.0. The van der Waals surface area contributed by atoms with Gasteiger partial charge in [-0.1, -0.05) is 0 Å². The molecule has 0 fully saturated rings. The van der Waals surface area contributed by atoms with Crippen LogP contribution in [0.1, 0.15) is 0 Å². The van der Waals surface area contributed by atoms with E-state index >= 15 is 0 Å². The maximum absolute atomic E-state index is 11.3. The number of carboxylic acid groups (broad SMARTS) is 3. The molecule has 4 aromatic carbocycles. The highest BCUT2D eigenvalue weighted by atomic mass is 27.1. The Bertz CT molecular complexity index is 1810. The van der Waals surface area contributed by atoms with Crippen LogP contribution in [0, 0.1) is 0 Å². The molecule has 0 amide bonds. The third-order valence-electron chi connectivity index (χ3n) is 6.57. The lowest BCUT2D eigenvalue weighted by atomic mass is 9.93. The first-order valence-electron chi connectivity index (χ1n) is 11.6. The first-order chi connectivity index (χ1) is 18.7. The topological polar surface area (TPSA) is 198 Å². The molecule has 0 saturated carbocycles. The number of H-pyrrole nitrogens is 3. The minimum atomic E-state index is -1.06. The second-order valence-corrected chi connectivity index (χ2v) is 13.0. The Balaban J connectivity index is 1.60. The first-order valence-corrected chi connectivity index (χ1v) is 15.0. The fourth-order valence-corrected chi connectivity index (χ4v) is 7.12. The van der Waals surface area contributed by atoms with Crippen LogP contribution in [0.4, 0.5) is 14.4 Å². The maximum Gasteiger partial charge on any atom is 0.489 e. The predicted octanol–water partition coefficient (Wildman–Crippen LogP) is 1.80. The van der Waals surface area contributed by atoms with Gasteiger partial charge in [0.2, 0.25) is 0 Å². The summed E-state index contributed by atoms with van der Waals surface area (Å²) in [6, 6.07) is 11.6. The summed E-state index contributed by atoms with van der Waals surface area (Å²) in [4.78, 5) is 54.2. The van der Waals surface area contributed by atoms with E-state index < -0.39 is 60.2 Å². The normalized spacial score (nSPS) is 11.7. The minimum absolute atomic E-state index is 0.424. The van der Waals surface area contributed by atoms with E-state index in [2.05, 4.69) is 29.9 Å². The van der Waals surface area contributed by atoms with Crippen LogP contribution in [-0.4, -0.2) is 105 Å². The molecule has 0 atom stereocenters. The Labute approximate surface area is 234 Å². The van der Waals surface area contributed by atoms with E-state index in [4.69, 9.17) is 0 Å². The van der Waals surface area contributed by atoms with Gasteiger partial charge < -0.3 is 30.3 Å². The largest absolute Gasteiger partial charge is 0.496 e. The number of nitrogens with one attached hydrogen (secondary N) is 3. The van der Waals surface area contributed by atoms with E-state index in [1.807, 2.05) is 36.4 Å². The molecule has 0 bridgehead atoms. The van der Waals surface area contributed by atoms with Crippen molar-refractivity contribution in [1.29, 1.82) is 0 Å². The number of rotatable bonds is 6. The Morgan fingerprint density at radius 1 is 0.487 bits per heavy atom. The number of hydrogen-bond donors (Lipinski definition) is 6. The van der Waals surface area contributed by atoms with Crippen molar-refractivity contribution in [2.24, 2.45) is 0 Å². The van der Waals surface area contributed by atoms with Crippen molar-refractivity contribution in [1.82, 2.24) is 29.9 Å². The van der Waals surface area contributed by atoms with Crippen molar-refractivity contribution < 1.29 is 29.7 Å². The molecule has 12 nitrogen and oxygen atoms in total. The van der Waals surface area contributed by atoms with Crippen molar-refractivity contribution in [3.05, 3.63) is 36.4 Å². The average Bonchev–Trinajstić information content (AvgIpc) is 3.54. The van der Waals surface area contributed by atoms with Gasteiger partial charge in [-0.3, -0.25) is 29.3 Å². The van der Waals surface area contributed by atoms with Gasteiger partial charge in [0, 0.05) is 14.1 Å². The van der Waals surface area contributed by atoms with Gasteiger partial charge in [-0.05, 0) is 68.7 Å². The molecule has 7 aromatic rings. The monoisotopic (exact) mass is 561 g/mol. The highest BCUT2D eigenvalue weighted by molar-refractivity contribution is 6.82. The molecule has 0 aliphatic carbocycles. The smallest absolute Gasteiger partial charge is 0.489 e. The van der Waals surface area contributed by atoms with Crippen molar-refractivity contribution in [2.45, 2.75) is 0 Å². The number of benzene rings is 4. The molecular weight excluding hydrogens is 549 g/mol. The van der Waals surface area contributed by atoms with E-state index in [1.54, 1.807) is 0 Å². The third kappa shape index (κ3) is 4.14.